The fourth-order valence-electron chi connectivity index (χ4n) is 2.01. The van der Waals surface area contributed by atoms with Crippen LogP contribution in [0.5, 0.6) is 0 Å². The zero-order chi connectivity index (χ0) is 19.0. The van der Waals surface area contributed by atoms with Gasteiger partial charge >= 0.3 is 5.97 Å². The van der Waals surface area contributed by atoms with Crippen molar-refractivity contribution in [1.82, 2.24) is 19.7 Å². The summed E-state index contributed by atoms with van der Waals surface area (Å²) in [5.41, 5.74) is 0. The summed E-state index contributed by atoms with van der Waals surface area (Å²) in [5, 5.41) is 11.3. The van der Waals surface area contributed by atoms with E-state index in [1.54, 1.807) is 0 Å². The van der Waals surface area contributed by atoms with Crippen LogP contribution in [-0.4, -0.2) is 68.3 Å². The summed E-state index contributed by atoms with van der Waals surface area (Å²) >= 11 is 0. The smallest absolute Gasteiger partial charge is 0.326 e. The highest BCUT2D eigenvalue weighted by atomic mass is 32.2. The predicted octanol–water partition coefficient (Wildman–Crippen LogP) is -2.30. The Balaban J connectivity index is 2.37. The van der Waals surface area contributed by atoms with Crippen LogP contribution in [-0.2, 0) is 29.4 Å². The van der Waals surface area contributed by atoms with Crippen LogP contribution in [0.15, 0.2) is 12.2 Å². The van der Waals surface area contributed by atoms with Crippen molar-refractivity contribution in [1.29, 1.82) is 0 Å². The Morgan fingerprint density at radius 2 is 1.80 bits per heavy atom. The molecular formula is C13H20N4O7S. The second-order valence-corrected chi connectivity index (χ2v) is 6.85. The fraction of sp³-hybridized carbons (Fsp3) is 0.538. The van der Waals surface area contributed by atoms with Gasteiger partial charge in [-0.05, 0) is 19.3 Å². The van der Waals surface area contributed by atoms with Gasteiger partial charge in [-0.1, -0.05) is 0 Å². The molecular weight excluding hydrogens is 356 g/mol. The van der Waals surface area contributed by atoms with Gasteiger partial charge in [-0.25, -0.2) is 9.52 Å². The number of imide groups is 1. The van der Waals surface area contributed by atoms with Crippen LogP contribution in [0, 0.1) is 0 Å². The standard InChI is InChI=1S/C13H20N4O7S/c1-14-25(23,24)15-8-10(18)16-9(13(21)22)4-2-3-7-17-11(19)5-6-12(17)20/h5-6,9,14-15H,2-4,7-8H2,1H3,(H,16,18)(H,21,22)/t9-/m0/s1. The number of nitrogens with one attached hydrogen (secondary N) is 3. The zero-order valence-electron chi connectivity index (χ0n) is 13.5. The van der Waals surface area contributed by atoms with E-state index >= 15 is 0 Å². The number of amides is 3. The van der Waals surface area contributed by atoms with Crippen molar-refractivity contribution in [2.45, 2.75) is 25.3 Å². The average Bonchev–Trinajstić information content (AvgIpc) is 2.87. The number of rotatable bonds is 11. The summed E-state index contributed by atoms with van der Waals surface area (Å²) in [7, 11) is -2.64. The molecule has 0 unspecified atom stereocenters. The molecule has 1 atom stereocenters. The largest absolute Gasteiger partial charge is 0.480 e. The lowest BCUT2D eigenvalue weighted by molar-refractivity contribution is -0.142. The van der Waals surface area contributed by atoms with E-state index in [9.17, 15) is 27.6 Å². The van der Waals surface area contributed by atoms with E-state index < -0.39 is 46.5 Å². The SMILES string of the molecule is CNS(=O)(=O)NCC(=O)N[C@@H](CCCCN1C(=O)C=CC1=O)C(=O)O. The third-order valence-corrected chi connectivity index (χ3v) is 4.41. The molecule has 0 radical (unpaired) electrons. The quantitative estimate of drug-likeness (QED) is 0.233. The minimum atomic E-state index is -3.79. The second-order valence-electron chi connectivity index (χ2n) is 5.14. The van der Waals surface area contributed by atoms with E-state index in [2.05, 4.69) is 5.32 Å². The van der Waals surface area contributed by atoms with Crippen molar-refractivity contribution in [3.63, 3.8) is 0 Å². The Bertz CT molecular complexity index is 656. The fourth-order valence-corrected chi connectivity index (χ4v) is 2.47. The van der Waals surface area contributed by atoms with Crippen molar-refractivity contribution in [3.8, 4) is 0 Å². The number of carbonyl (C=O) groups excluding carboxylic acids is 3. The Kier molecular flexibility index (Phi) is 7.67. The first-order valence-corrected chi connectivity index (χ1v) is 8.88. The van der Waals surface area contributed by atoms with E-state index in [0.717, 1.165) is 24.1 Å². The van der Waals surface area contributed by atoms with Gasteiger partial charge in [0.05, 0.1) is 6.54 Å². The number of carbonyl (C=O) groups is 4. The number of carboxylic acids is 1. The Morgan fingerprint density at radius 1 is 1.20 bits per heavy atom. The molecule has 25 heavy (non-hydrogen) atoms. The van der Waals surface area contributed by atoms with Gasteiger partial charge in [-0.15, -0.1) is 0 Å². The Labute approximate surface area is 144 Å². The summed E-state index contributed by atoms with van der Waals surface area (Å²) < 4.78 is 26.1. The van der Waals surface area contributed by atoms with Gasteiger partial charge in [0.25, 0.3) is 22.0 Å². The van der Waals surface area contributed by atoms with Crippen LogP contribution in [0.25, 0.3) is 0 Å². The Morgan fingerprint density at radius 3 is 2.32 bits per heavy atom. The highest BCUT2D eigenvalue weighted by Gasteiger charge is 2.24. The summed E-state index contributed by atoms with van der Waals surface area (Å²) in [4.78, 5) is 46.5. The topological polar surface area (TPSA) is 162 Å². The lowest BCUT2D eigenvalue weighted by Gasteiger charge is -2.16. The van der Waals surface area contributed by atoms with Crippen LogP contribution in [0.4, 0.5) is 0 Å². The van der Waals surface area contributed by atoms with E-state index in [4.69, 9.17) is 5.11 Å². The van der Waals surface area contributed by atoms with Crippen molar-refractivity contribution in [2.75, 3.05) is 20.1 Å². The number of carboxylic acid groups (broad SMARTS) is 1. The molecule has 1 aliphatic rings. The molecule has 0 aliphatic carbocycles. The number of hydrogen-bond donors (Lipinski definition) is 4. The van der Waals surface area contributed by atoms with E-state index in [1.807, 2.05) is 9.44 Å². The molecule has 12 heteroatoms. The number of aliphatic carboxylic acids is 1. The molecule has 0 fully saturated rings. The summed E-state index contributed by atoms with van der Waals surface area (Å²) in [5.74, 6) is -2.88. The van der Waals surface area contributed by atoms with Gasteiger partial charge in [0.1, 0.15) is 6.04 Å². The van der Waals surface area contributed by atoms with Crippen molar-refractivity contribution >= 4 is 33.9 Å². The number of hydrogen-bond acceptors (Lipinski definition) is 6. The molecule has 3 amide bonds. The van der Waals surface area contributed by atoms with Crippen molar-refractivity contribution < 1.29 is 32.7 Å². The molecule has 1 aliphatic heterocycles. The van der Waals surface area contributed by atoms with Crippen molar-refractivity contribution in [3.05, 3.63) is 12.2 Å². The monoisotopic (exact) mass is 376 g/mol. The second kappa shape index (κ2) is 9.25. The van der Waals surface area contributed by atoms with Gasteiger partial charge in [0.2, 0.25) is 5.91 Å². The normalized spacial score (nSPS) is 15.5. The van der Waals surface area contributed by atoms with Gasteiger partial charge in [0.15, 0.2) is 0 Å². The van der Waals surface area contributed by atoms with Gasteiger partial charge < -0.3 is 10.4 Å². The molecule has 0 bridgehead atoms. The Hall–Kier alpha value is -2.31. The van der Waals surface area contributed by atoms with E-state index in [-0.39, 0.29) is 13.0 Å². The molecule has 1 rings (SSSR count). The van der Waals surface area contributed by atoms with Crippen molar-refractivity contribution in [2.24, 2.45) is 0 Å². The first-order chi connectivity index (χ1) is 11.7. The lowest BCUT2D eigenvalue weighted by Crippen LogP contribution is -2.47. The van der Waals surface area contributed by atoms with Gasteiger partial charge in [0, 0.05) is 25.7 Å². The maximum absolute atomic E-state index is 11.6. The van der Waals surface area contributed by atoms with Gasteiger partial charge in [-0.2, -0.15) is 13.1 Å². The molecule has 0 aromatic rings. The molecule has 4 N–H and O–H groups in total. The number of nitrogens with zero attached hydrogens (tertiary/aromatic N) is 1. The molecule has 0 saturated carbocycles. The maximum atomic E-state index is 11.6. The van der Waals surface area contributed by atoms with E-state index in [0.29, 0.717) is 12.8 Å². The number of unbranched alkanes of at least 4 members (excludes halogenated alkanes) is 1. The van der Waals surface area contributed by atoms with Crippen LogP contribution in [0.1, 0.15) is 19.3 Å². The van der Waals surface area contributed by atoms with Crippen LogP contribution >= 0.6 is 0 Å². The molecule has 0 aromatic carbocycles. The highest BCUT2D eigenvalue weighted by molar-refractivity contribution is 7.87. The molecule has 11 nitrogen and oxygen atoms in total. The van der Waals surface area contributed by atoms with Gasteiger partial charge in [-0.3, -0.25) is 19.3 Å². The lowest BCUT2D eigenvalue weighted by atomic mass is 10.1. The third-order valence-electron chi connectivity index (χ3n) is 3.35. The first-order valence-electron chi connectivity index (χ1n) is 7.40. The summed E-state index contributed by atoms with van der Waals surface area (Å²) in [6.07, 6.45) is 3.12. The third kappa shape index (κ3) is 6.99. The minimum absolute atomic E-state index is 0.0729. The predicted molar refractivity (Wildman–Crippen MR) is 85.3 cm³/mol. The highest BCUT2D eigenvalue weighted by Crippen LogP contribution is 2.08. The zero-order valence-corrected chi connectivity index (χ0v) is 14.3. The maximum Gasteiger partial charge on any atom is 0.326 e. The molecule has 0 saturated heterocycles. The molecule has 140 valence electrons. The van der Waals surface area contributed by atoms with Crippen LogP contribution in [0.2, 0.25) is 0 Å². The van der Waals surface area contributed by atoms with Crippen LogP contribution in [0.3, 0.4) is 0 Å². The average molecular weight is 376 g/mol. The van der Waals surface area contributed by atoms with Crippen LogP contribution < -0.4 is 14.8 Å². The first kappa shape index (κ1) is 20.7. The molecule has 1 heterocycles. The minimum Gasteiger partial charge on any atom is -0.480 e. The summed E-state index contributed by atoms with van der Waals surface area (Å²) in [6.45, 7) is -0.442. The van der Waals surface area contributed by atoms with E-state index in [1.165, 1.54) is 0 Å². The summed E-state index contributed by atoms with van der Waals surface area (Å²) in [6, 6.07) is -1.20. The molecule has 0 spiro atoms. The molecule has 0 aromatic heterocycles.